The number of aromatic nitrogens is 2. The molecule has 2 N–H and O–H groups in total. The molecule has 0 fully saturated rings. The van der Waals surface area contributed by atoms with Gasteiger partial charge in [0, 0.05) is 24.9 Å². The average molecular weight is 362 g/mol. The summed E-state index contributed by atoms with van der Waals surface area (Å²) in [5.41, 5.74) is 0.823. The molecule has 8 heteroatoms. The summed E-state index contributed by atoms with van der Waals surface area (Å²) < 4.78 is 16.1. The number of ether oxygens (including phenoxy) is 2. The van der Waals surface area contributed by atoms with E-state index in [4.69, 9.17) is 19.1 Å². The van der Waals surface area contributed by atoms with Crippen molar-refractivity contribution in [2.45, 2.75) is 44.4 Å². The van der Waals surface area contributed by atoms with Crippen LogP contribution in [0.15, 0.2) is 22.7 Å². The molecule has 26 heavy (non-hydrogen) atoms. The van der Waals surface area contributed by atoms with Crippen LogP contribution in [0.5, 0.6) is 11.5 Å². The van der Waals surface area contributed by atoms with Crippen molar-refractivity contribution in [1.29, 1.82) is 0 Å². The van der Waals surface area contributed by atoms with Gasteiger partial charge in [0.2, 0.25) is 12.7 Å². The number of unbranched alkanes of at least 4 members (excludes halogenated alkanes) is 1. The smallest absolute Gasteiger partial charge is 0.303 e. The number of fused-ring (bicyclic) bond motifs is 1. The molecule has 2 atom stereocenters. The van der Waals surface area contributed by atoms with Gasteiger partial charge < -0.3 is 24.2 Å². The Labute approximate surface area is 150 Å². The minimum absolute atomic E-state index is 0.0664. The Morgan fingerprint density at radius 3 is 2.85 bits per heavy atom. The molecule has 2 heterocycles. The van der Waals surface area contributed by atoms with Crippen LogP contribution < -0.4 is 9.47 Å². The summed E-state index contributed by atoms with van der Waals surface area (Å²) in [6.45, 7) is 2.17. The Balaban J connectivity index is 1.80. The first kappa shape index (κ1) is 18.2. The van der Waals surface area contributed by atoms with Gasteiger partial charge in [-0.3, -0.25) is 4.79 Å². The summed E-state index contributed by atoms with van der Waals surface area (Å²) in [6.07, 6.45) is 2.00. The van der Waals surface area contributed by atoms with Gasteiger partial charge in [-0.2, -0.15) is 4.98 Å². The summed E-state index contributed by atoms with van der Waals surface area (Å²) >= 11 is 0. The van der Waals surface area contributed by atoms with Gasteiger partial charge in [-0.25, -0.2) is 0 Å². The molecule has 1 aromatic heterocycles. The number of benzene rings is 1. The van der Waals surface area contributed by atoms with Gasteiger partial charge >= 0.3 is 5.97 Å². The zero-order valence-electron chi connectivity index (χ0n) is 14.6. The fourth-order valence-corrected chi connectivity index (χ4v) is 3.04. The third-order valence-corrected chi connectivity index (χ3v) is 4.50. The summed E-state index contributed by atoms with van der Waals surface area (Å²) in [6, 6.07) is 5.44. The molecular weight excluding hydrogens is 340 g/mol. The van der Waals surface area contributed by atoms with Gasteiger partial charge in [0.25, 0.3) is 0 Å². The van der Waals surface area contributed by atoms with Crippen molar-refractivity contribution in [2.24, 2.45) is 0 Å². The molecule has 140 valence electrons. The molecule has 2 unspecified atom stereocenters. The molecule has 0 bridgehead atoms. The first-order valence-corrected chi connectivity index (χ1v) is 8.63. The minimum atomic E-state index is -0.901. The SMILES string of the molecule is CC(c1nc(CCCCO)no1)C(CC(=O)O)c1ccc2c(c1)OCO2. The highest BCUT2D eigenvalue weighted by atomic mass is 16.7. The molecule has 8 nitrogen and oxygen atoms in total. The zero-order valence-corrected chi connectivity index (χ0v) is 14.6. The van der Waals surface area contributed by atoms with E-state index < -0.39 is 5.97 Å². The van der Waals surface area contributed by atoms with Crippen LogP contribution in [0.3, 0.4) is 0 Å². The largest absolute Gasteiger partial charge is 0.481 e. The van der Waals surface area contributed by atoms with E-state index >= 15 is 0 Å². The van der Waals surface area contributed by atoms with Gasteiger partial charge in [-0.1, -0.05) is 18.1 Å². The van der Waals surface area contributed by atoms with Crippen LogP contribution in [-0.2, 0) is 11.2 Å². The Kier molecular flexibility index (Phi) is 5.72. The van der Waals surface area contributed by atoms with Crippen LogP contribution in [0.2, 0.25) is 0 Å². The highest BCUT2D eigenvalue weighted by Gasteiger charge is 2.29. The highest BCUT2D eigenvalue weighted by Crippen LogP contribution is 2.40. The van der Waals surface area contributed by atoms with Crippen molar-refractivity contribution in [1.82, 2.24) is 10.1 Å². The van der Waals surface area contributed by atoms with E-state index in [9.17, 15) is 9.90 Å². The molecule has 0 saturated heterocycles. The lowest BCUT2D eigenvalue weighted by atomic mass is 9.84. The van der Waals surface area contributed by atoms with Crippen LogP contribution in [0, 0.1) is 0 Å². The van der Waals surface area contributed by atoms with Crippen LogP contribution in [-0.4, -0.2) is 39.7 Å². The van der Waals surface area contributed by atoms with Crippen molar-refractivity contribution < 1.29 is 29.0 Å². The fourth-order valence-electron chi connectivity index (χ4n) is 3.04. The number of hydrogen-bond donors (Lipinski definition) is 2. The topological polar surface area (TPSA) is 115 Å². The van der Waals surface area contributed by atoms with Crippen LogP contribution in [0.25, 0.3) is 0 Å². The van der Waals surface area contributed by atoms with E-state index in [1.54, 1.807) is 6.07 Å². The number of nitrogens with zero attached hydrogens (tertiary/aromatic N) is 2. The van der Waals surface area contributed by atoms with Crippen molar-refractivity contribution in [3.8, 4) is 11.5 Å². The van der Waals surface area contributed by atoms with E-state index in [0.29, 0.717) is 36.1 Å². The summed E-state index contributed by atoms with van der Waals surface area (Å²) in [5.74, 6) is 0.730. The fraction of sp³-hybridized carbons (Fsp3) is 0.500. The standard InChI is InChI=1S/C18H22N2O6/c1-11(18-19-16(20-26-18)4-2-3-7-21)13(9-17(22)23)12-5-6-14-15(8-12)25-10-24-14/h5-6,8,11,13,21H,2-4,7,9-10H2,1H3,(H,22,23). The van der Waals surface area contributed by atoms with E-state index in [1.807, 2.05) is 19.1 Å². The summed E-state index contributed by atoms with van der Waals surface area (Å²) in [4.78, 5) is 15.8. The molecular formula is C18H22N2O6. The molecule has 0 aliphatic carbocycles. The normalized spacial score (nSPS) is 15.0. The number of aliphatic hydroxyl groups excluding tert-OH is 1. The number of aryl methyl sites for hydroxylation is 1. The maximum atomic E-state index is 11.4. The average Bonchev–Trinajstić information content (AvgIpc) is 3.27. The van der Waals surface area contributed by atoms with Gasteiger partial charge in [0.05, 0.1) is 6.42 Å². The zero-order chi connectivity index (χ0) is 18.5. The molecule has 0 amide bonds. The monoisotopic (exact) mass is 362 g/mol. The molecule has 1 aromatic carbocycles. The second-order valence-corrected chi connectivity index (χ2v) is 6.34. The Morgan fingerprint density at radius 2 is 2.08 bits per heavy atom. The first-order chi connectivity index (χ1) is 12.6. The Hall–Kier alpha value is -2.61. The molecule has 0 spiro atoms. The second kappa shape index (κ2) is 8.18. The molecule has 1 aliphatic heterocycles. The number of carbonyl (C=O) groups is 1. The van der Waals surface area contributed by atoms with Gasteiger partial charge in [-0.15, -0.1) is 0 Å². The van der Waals surface area contributed by atoms with Gasteiger partial charge in [-0.05, 0) is 30.5 Å². The second-order valence-electron chi connectivity index (χ2n) is 6.34. The van der Waals surface area contributed by atoms with E-state index in [0.717, 1.165) is 12.0 Å². The lowest BCUT2D eigenvalue weighted by molar-refractivity contribution is -0.137. The third kappa shape index (κ3) is 4.13. The first-order valence-electron chi connectivity index (χ1n) is 8.63. The van der Waals surface area contributed by atoms with Crippen molar-refractivity contribution in [2.75, 3.05) is 13.4 Å². The number of carboxylic acids is 1. The molecule has 1 aliphatic rings. The predicted octanol–water partition coefficient (Wildman–Crippen LogP) is 2.48. The van der Waals surface area contributed by atoms with Crippen molar-refractivity contribution in [3.05, 3.63) is 35.5 Å². The number of hydrogen-bond acceptors (Lipinski definition) is 7. The molecule has 2 aromatic rings. The quantitative estimate of drug-likeness (QED) is 0.654. The van der Waals surface area contributed by atoms with E-state index in [-0.39, 0.29) is 31.7 Å². The van der Waals surface area contributed by atoms with Gasteiger partial charge in [0.1, 0.15) is 0 Å². The predicted molar refractivity (Wildman–Crippen MR) is 90.3 cm³/mol. The third-order valence-electron chi connectivity index (χ3n) is 4.50. The maximum Gasteiger partial charge on any atom is 0.303 e. The van der Waals surface area contributed by atoms with Crippen LogP contribution >= 0.6 is 0 Å². The number of aliphatic carboxylic acids is 1. The number of carboxylic acid groups (broad SMARTS) is 1. The van der Waals surface area contributed by atoms with Crippen LogP contribution in [0.1, 0.15) is 55.3 Å². The molecule has 0 radical (unpaired) electrons. The maximum absolute atomic E-state index is 11.4. The summed E-state index contributed by atoms with van der Waals surface area (Å²) in [5, 5.41) is 22.1. The number of rotatable bonds is 9. The molecule has 0 saturated carbocycles. The van der Waals surface area contributed by atoms with E-state index in [2.05, 4.69) is 10.1 Å². The van der Waals surface area contributed by atoms with Crippen molar-refractivity contribution >= 4 is 5.97 Å². The Morgan fingerprint density at radius 1 is 1.27 bits per heavy atom. The lowest BCUT2D eigenvalue weighted by Crippen LogP contribution is -2.14. The van der Waals surface area contributed by atoms with Crippen molar-refractivity contribution in [3.63, 3.8) is 0 Å². The molecule has 3 rings (SSSR count). The summed E-state index contributed by atoms with van der Waals surface area (Å²) in [7, 11) is 0. The van der Waals surface area contributed by atoms with E-state index in [1.165, 1.54) is 0 Å². The van der Waals surface area contributed by atoms with Gasteiger partial charge in [0.15, 0.2) is 17.3 Å². The number of aliphatic hydroxyl groups is 1. The van der Waals surface area contributed by atoms with Crippen LogP contribution in [0.4, 0.5) is 0 Å². The Bertz CT molecular complexity index is 760. The minimum Gasteiger partial charge on any atom is -0.481 e. The highest BCUT2D eigenvalue weighted by molar-refractivity contribution is 5.68. The lowest BCUT2D eigenvalue weighted by Gasteiger charge is -2.20.